The third-order valence-corrected chi connectivity index (χ3v) is 2.80. The van der Waals surface area contributed by atoms with Crippen molar-refractivity contribution in [3.8, 4) is 0 Å². The predicted molar refractivity (Wildman–Crippen MR) is 69.6 cm³/mol. The van der Waals surface area contributed by atoms with Crippen LogP contribution in [0.2, 0.25) is 5.02 Å². The van der Waals surface area contributed by atoms with E-state index in [1.807, 2.05) is 6.92 Å². The van der Waals surface area contributed by atoms with Gasteiger partial charge in [0.1, 0.15) is 12.4 Å². The van der Waals surface area contributed by atoms with Crippen molar-refractivity contribution in [1.82, 2.24) is 4.90 Å². The number of carbonyl (C=O) groups is 2. The van der Waals surface area contributed by atoms with Gasteiger partial charge >= 0.3 is 5.97 Å². The van der Waals surface area contributed by atoms with Crippen LogP contribution >= 0.6 is 11.6 Å². The van der Waals surface area contributed by atoms with Gasteiger partial charge in [0, 0.05) is 12.1 Å². The van der Waals surface area contributed by atoms with Crippen molar-refractivity contribution in [2.75, 3.05) is 20.2 Å². The first kappa shape index (κ1) is 15.4. The van der Waals surface area contributed by atoms with Gasteiger partial charge in [-0.15, -0.1) is 0 Å². The molecule has 0 aliphatic heterocycles. The van der Waals surface area contributed by atoms with Crippen LogP contribution < -0.4 is 0 Å². The van der Waals surface area contributed by atoms with Crippen LogP contribution in [0.15, 0.2) is 18.2 Å². The fraction of sp³-hybridized carbons (Fsp3) is 0.385. The minimum Gasteiger partial charge on any atom is -0.468 e. The van der Waals surface area contributed by atoms with Crippen molar-refractivity contribution < 1.29 is 18.7 Å². The molecule has 0 radical (unpaired) electrons. The minimum absolute atomic E-state index is 0.0495. The molecule has 0 unspecified atom stereocenters. The van der Waals surface area contributed by atoms with Crippen LogP contribution in [0.4, 0.5) is 4.39 Å². The summed E-state index contributed by atoms with van der Waals surface area (Å²) in [5, 5.41) is -0.0495. The van der Waals surface area contributed by atoms with Gasteiger partial charge < -0.3 is 9.64 Å². The van der Waals surface area contributed by atoms with Crippen LogP contribution in [-0.4, -0.2) is 37.0 Å². The zero-order chi connectivity index (χ0) is 14.4. The minimum atomic E-state index is -0.665. The summed E-state index contributed by atoms with van der Waals surface area (Å²) in [6.07, 6.45) is 0.679. The second-order valence-electron chi connectivity index (χ2n) is 3.93. The van der Waals surface area contributed by atoms with E-state index in [9.17, 15) is 14.0 Å². The number of carbonyl (C=O) groups excluding carboxylic acids is 2. The third kappa shape index (κ3) is 4.21. The Morgan fingerprint density at radius 2 is 2.11 bits per heavy atom. The van der Waals surface area contributed by atoms with Gasteiger partial charge in [0.25, 0.3) is 5.91 Å². The molecular weight excluding hydrogens is 273 g/mol. The molecule has 0 aromatic heterocycles. The SMILES string of the molecule is CCCN(CC(=O)OC)C(=O)c1ccc(Cl)c(F)c1. The number of nitrogens with zero attached hydrogens (tertiary/aromatic N) is 1. The number of rotatable bonds is 5. The molecular formula is C13H15ClFNO3. The van der Waals surface area contributed by atoms with Gasteiger partial charge in [0.2, 0.25) is 0 Å². The van der Waals surface area contributed by atoms with Crippen LogP contribution in [0.3, 0.4) is 0 Å². The highest BCUT2D eigenvalue weighted by Gasteiger charge is 2.19. The molecule has 1 aromatic rings. The fourth-order valence-corrected chi connectivity index (χ4v) is 1.67. The first-order valence-corrected chi connectivity index (χ1v) is 6.18. The molecule has 0 aliphatic carbocycles. The van der Waals surface area contributed by atoms with Crippen molar-refractivity contribution >= 4 is 23.5 Å². The number of ether oxygens (including phenoxy) is 1. The zero-order valence-corrected chi connectivity index (χ0v) is 11.5. The van der Waals surface area contributed by atoms with Crippen molar-refractivity contribution in [1.29, 1.82) is 0 Å². The molecule has 0 N–H and O–H groups in total. The van der Waals surface area contributed by atoms with Crippen molar-refractivity contribution in [3.05, 3.63) is 34.6 Å². The van der Waals surface area contributed by atoms with E-state index in [0.717, 1.165) is 6.07 Å². The summed E-state index contributed by atoms with van der Waals surface area (Å²) < 4.78 is 17.9. The van der Waals surface area contributed by atoms with Gasteiger partial charge in [0.15, 0.2) is 0 Å². The van der Waals surface area contributed by atoms with Crippen molar-refractivity contribution in [3.63, 3.8) is 0 Å². The maximum atomic E-state index is 13.3. The number of hydrogen-bond donors (Lipinski definition) is 0. The molecule has 0 saturated heterocycles. The van der Waals surface area contributed by atoms with Crippen LogP contribution in [-0.2, 0) is 9.53 Å². The molecule has 4 nitrogen and oxygen atoms in total. The summed E-state index contributed by atoms with van der Waals surface area (Å²) in [6.45, 7) is 2.10. The smallest absolute Gasteiger partial charge is 0.325 e. The van der Waals surface area contributed by atoms with E-state index in [-0.39, 0.29) is 17.1 Å². The normalized spacial score (nSPS) is 10.1. The maximum absolute atomic E-state index is 13.3. The highest BCUT2D eigenvalue weighted by atomic mass is 35.5. The number of methoxy groups -OCH3 is 1. The van der Waals surface area contributed by atoms with Gasteiger partial charge in [-0.3, -0.25) is 9.59 Å². The van der Waals surface area contributed by atoms with E-state index in [1.54, 1.807) is 0 Å². The molecule has 0 aliphatic rings. The Morgan fingerprint density at radius 1 is 1.42 bits per heavy atom. The Bertz CT molecular complexity index is 479. The second kappa shape index (κ2) is 7.09. The summed E-state index contributed by atoms with van der Waals surface area (Å²) in [7, 11) is 1.25. The van der Waals surface area contributed by atoms with E-state index in [4.69, 9.17) is 11.6 Å². The monoisotopic (exact) mass is 287 g/mol. The average molecular weight is 288 g/mol. The molecule has 0 bridgehead atoms. The molecule has 0 spiro atoms. The van der Waals surface area contributed by atoms with Crippen molar-refractivity contribution in [2.45, 2.75) is 13.3 Å². The first-order chi connectivity index (χ1) is 8.99. The Hall–Kier alpha value is -1.62. The van der Waals surface area contributed by atoms with Gasteiger partial charge in [-0.2, -0.15) is 0 Å². The van der Waals surface area contributed by atoms with E-state index in [1.165, 1.54) is 24.1 Å². The average Bonchev–Trinajstić information content (AvgIpc) is 2.40. The Morgan fingerprint density at radius 3 is 2.63 bits per heavy atom. The summed E-state index contributed by atoms with van der Waals surface area (Å²) in [5.41, 5.74) is 0.152. The molecule has 104 valence electrons. The van der Waals surface area contributed by atoms with E-state index < -0.39 is 17.7 Å². The number of hydrogen-bond acceptors (Lipinski definition) is 3. The lowest BCUT2D eigenvalue weighted by Gasteiger charge is -2.20. The number of esters is 1. The summed E-state index contributed by atoms with van der Waals surface area (Å²) in [4.78, 5) is 24.7. The Labute approximate surface area is 116 Å². The molecule has 1 rings (SSSR count). The lowest BCUT2D eigenvalue weighted by Crippen LogP contribution is -2.36. The second-order valence-corrected chi connectivity index (χ2v) is 4.34. The van der Waals surface area contributed by atoms with Gasteiger partial charge in [-0.05, 0) is 24.6 Å². The van der Waals surface area contributed by atoms with Crippen LogP contribution in [0, 0.1) is 5.82 Å². The van der Waals surface area contributed by atoms with Gasteiger partial charge in [-0.25, -0.2) is 4.39 Å². The van der Waals surface area contributed by atoms with Crippen LogP contribution in [0.1, 0.15) is 23.7 Å². The lowest BCUT2D eigenvalue weighted by atomic mass is 10.2. The first-order valence-electron chi connectivity index (χ1n) is 5.80. The quantitative estimate of drug-likeness (QED) is 0.782. The molecule has 0 fully saturated rings. The molecule has 1 aromatic carbocycles. The van der Waals surface area contributed by atoms with E-state index in [0.29, 0.717) is 13.0 Å². The fourth-order valence-electron chi connectivity index (χ4n) is 1.55. The zero-order valence-electron chi connectivity index (χ0n) is 10.8. The van der Waals surface area contributed by atoms with Crippen LogP contribution in [0.25, 0.3) is 0 Å². The maximum Gasteiger partial charge on any atom is 0.325 e. The Balaban J connectivity index is 2.91. The van der Waals surface area contributed by atoms with Gasteiger partial charge in [0.05, 0.1) is 12.1 Å². The number of amides is 1. The number of benzene rings is 1. The largest absolute Gasteiger partial charge is 0.468 e. The summed E-state index contributed by atoms with van der Waals surface area (Å²) in [5.74, 6) is -1.61. The molecule has 0 heterocycles. The third-order valence-electron chi connectivity index (χ3n) is 2.49. The van der Waals surface area contributed by atoms with E-state index in [2.05, 4.69) is 4.74 Å². The molecule has 0 atom stereocenters. The lowest BCUT2D eigenvalue weighted by molar-refractivity contribution is -0.141. The van der Waals surface area contributed by atoms with E-state index >= 15 is 0 Å². The topological polar surface area (TPSA) is 46.6 Å². The molecule has 6 heteroatoms. The van der Waals surface area contributed by atoms with Gasteiger partial charge in [-0.1, -0.05) is 18.5 Å². The highest BCUT2D eigenvalue weighted by Crippen LogP contribution is 2.17. The highest BCUT2D eigenvalue weighted by molar-refractivity contribution is 6.30. The molecule has 0 saturated carbocycles. The summed E-state index contributed by atoms with van der Waals surface area (Å²) >= 11 is 5.56. The summed E-state index contributed by atoms with van der Waals surface area (Å²) in [6, 6.07) is 3.80. The molecule has 1 amide bonds. The standard InChI is InChI=1S/C13H15ClFNO3/c1-3-6-16(8-12(17)19-2)13(18)9-4-5-10(14)11(15)7-9/h4-5,7H,3,6,8H2,1-2H3. The Kier molecular flexibility index (Phi) is 5.76. The van der Waals surface area contributed by atoms with Crippen LogP contribution in [0.5, 0.6) is 0 Å². The van der Waals surface area contributed by atoms with Crippen molar-refractivity contribution in [2.24, 2.45) is 0 Å². The number of halogens is 2. The molecule has 19 heavy (non-hydrogen) atoms. The predicted octanol–water partition coefficient (Wildman–Crippen LogP) is 2.50.